The number of methoxy groups -OCH3 is 1. The summed E-state index contributed by atoms with van der Waals surface area (Å²) in [5, 5.41) is 8.26. The molecule has 0 aliphatic heterocycles. The molecule has 2 N–H and O–H groups in total. The Labute approximate surface area is 152 Å². The van der Waals surface area contributed by atoms with E-state index in [4.69, 9.17) is 16.3 Å². The van der Waals surface area contributed by atoms with Crippen LogP contribution in [0.1, 0.15) is 29.3 Å². The molecule has 1 heterocycles. The highest BCUT2D eigenvalue weighted by Crippen LogP contribution is 2.23. The topological polar surface area (TPSA) is 58.5 Å². The average Bonchev–Trinajstić information content (AvgIpc) is 3.06. The molecule has 2 rings (SSSR count). The number of benzene rings is 1. The summed E-state index contributed by atoms with van der Waals surface area (Å²) in [6.45, 7) is 6.14. The minimum absolute atomic E-state index is 0.508. The quantitative estimate of drug-likeness (QED) is 0.580. The van der Waals surface area contributed by atoms with Crippen molar-refractivity contribution in [3.63, 3.8) is 0 Å². The number of halogens is 1. The first kappa shape index (κ1) is 18.5. The van der Waals surface area contributed by atoms with Gasteiger partial charge in [0.15, 0.2) is 5.96 Å². The van der Waals surface area contributed by atoms with E-state index in [1.807, 2.05) is 25.3 Å². The van der Waals surface area contributed by atoms with Gasteiger partial charge >= 0.3 is 0 Å². The number of aromatic nitrogens is 1. The smallest absolute Gasteiger partial charge is 0.191 e. The number of hydrogen-bond acceptors (Lipinski definition) is 4. The summed E-state index contributed by atoms with van der Waals surface area (Å²) in [5.41, 5.74) is 0.988. The standard InChI is InChI=1S/C17H23ClN4OS/c1-4-14-10-20-16(24-14)11-22-17(19-5-2)21-9-12-6-7-13(18)8-15(12)23-3/h6-8,10H,4-5,9,11H2,1-3H3,(H2,19,21,22). The van der Waals surface area contributed by atoms with Gasteiger partial charge in [-0.15, -0.1) is 11.3 Å². The van der Waals surface area contributed by atoms with Crippen molar-refractivity contribution < 1.29 is 4.74 Å². The first-order valence-corrected chi connectivity index (χ1v) is 9.13. The van der Waals surface area contributed by atoms with Gasteiger partial charge in [0.25, 0.3) is 0 Å². The predicted octanol–water partition coefficient (Wildman–Crippen LogP) is 3.62. The molecule has 0 atom stereocenters. The minimum Gasteiger partial charge on any atom is -0.496 e. The van der Waals surface area contributed by atoms with Crippen LogP contribution in [0.15, 0.2) is 29.4 Å². The molecule has 130 valence electrons. The van der Waals surface area contributed by atoms with Crippen LogP contribution in [0.25, 0.3) is 0 Å². The van der Waals surface area contributed by atoms with Gasteiger partial charge < -0.3 is 15.4 Å². The monoisotopic (exact) mass is 366 g/mol. The number of aryl methyl sites for hydroxylation is 1. The summed E-state index contributed by atoms with van der Waals surface area (Å²) in [4.78, 5) is 10.3. The third-order valence-corrected chi connectivity index (χ3v) is 4.73. The Bertz CT molecular complexity index is 687. The number of rotatable bonds is 7. The van der Waals surface area contributed by atoms with E-state index in [1.165, 1.54) is 4.88 Å². The normalized spacial score (nSPS) is 11.4. The molecule has 0 unspecified atom stereocenters. The third kappa shape index (κ3) is 5.39. The molecule has 1 aromatic carbocycles. The van der Waals surface area contributed by atoms with Crippen molar-refractivity contribution in [3.8, 4) is 5.75 Å². The fraction of sp³-hybridized carbons (Fsp3) is 0.412. The van der Waals surface area contributed by atoms with Crippen molar-refractivity contribution in [3.05, 3.63) is 44.9 Å². The molecule has 0 saturated heterocycles. The summed E-state index contributed by atoms with van der Waals surface area (Å²) in [5.74, 6) is 1.50. The van der Waals surface area contributed by atoms with Gasteiger partial charge in [-0.05, 0) is 25.5 Å². The van der Waals surface area contributed by atoms with Crippen LogP contribution in [0, 0.1) is 0 Å². The molecule has 0 saturated carbocycles. The van der Waals surface area contributed by atoms with Crippen LogP contribution in [0.3, 0.4) is 0 Å². The molecule has 24 heavy (non-hydrogen) atoms. The fourth-order valence-electron chi connectivity index (χ4n) is 2.11. The van der Waals surface area contributed by atoms with Gasteiger partial charge in [-0.3, -0.25) is 0 Å². The highest BCUT2D eigenvalue weighted by atomic mass is 35.5. The highest BCUT2D eigenvalue weighted by Gasteiger charge is 2.05. The summed E-state index contributed by atoms with van der Waals surface area (Å²) in [6, 6.07) is 5.58. The third-order valence-electron chi connectivity index (χ3n) is 3.36. The van der Waals surface area contributed by atoms with Gasteiger partial charge in [0.05, 0.1) is 20.2 Å². The van der Waals surface area contributed by atoms with E-state index in [1.54, 1.807) is 24.5 Å². The van der Waals surface area contributed by atoms with Gasteiger partial charge in [-0.25, -0.2) is 9.98 Å². The molecular formula is C17H23ClN4OS. The van der Waals surface area contributed by atoms with E-state index >= 15 is 0 Å². The van der Waals surface area contributed by atoms with Crippen molar-refractivity contribution in [2.24, 2.45) is 4.99 Å². The van der Waals surface area contributed by atoms with Gasteiger partial charge in [0, 0.05) is 28.2 Å². The Balaban J connectivity index is 2.02. The molecule has 5 nitrogen and oxygen atoms in total. The van der Waals surface area contributed by atoms with Crippen molar-refractivity contribution in [1.29, 1.82) is 0 Å². The zero-order valence-corrected chi connectivity index (χ0v) is 15.8. The maximum atomic E-state index is 5.99. The zero-order chi connectivity index (χ0) is 17.4. The lowest BCUT2D eigenvalue weighted by Gasteiger charge is -2.11. The van der Waals surface area contributed by atoms with Crippen LogP contribution in [0.2, 0.25) is 5.02 Å². The van der Waals surface area contributed by atoms with E-state index in [0.717, 1.165) is 35.2 Å². The van der Waals surface area contributed by atoms with Gasteiger partial charge in [0.1, 0.15) is 10.8 Å². The van der Waals surface area contributed by atoms with Gasteiger partial charge in [0.2, 0.25) is 0 Å². The van der Waals surface area contributed by atoms with Crippen molar-refractivity contribution >= 4 is 28.9 Å². The summed E-state index contributed by atoms with van der Waals surface area (Å²) >= 11 is 7.72. The van der Waals surface area contributed by atoms with Crippen molar-refractivity contribution in [2.45, 2.75) is 33.4 Å². The molecule has 1 aromatic heterocycles. The maximum Gasteiger partial charge on any atom is 0.191 e. The molecule has 0 radical (unpaired) electrons. The average molecular weight is 367 g/mol. The Morgan fingerprint density at radius 1 is 1.33 bits per heavy atom. The first-order valence-electron chi connectivity index (χ1n) is 7.94. The molecule has 0 fully saturated rings. The number of nitrogens with one attached hydrogen (secondary N) is 2. The van der Waals surface area contributed by atoms with E-state index in [-0.39, 0.29) is 0 Å². The highest BCUT2D eigenvalue weighted by molar-refractivity contribution is 7.11. The molecule has 2 aromatic rings. The minimum atomic E-state index is 0.508. The Hall–Kier alpha value is -1.79. The molecule has 0 amide bonds. The van der Waals surface area contributed by atoms with Gasteiger partial charge in [-0.1, -0.05) is 24.6 Å². The zero-order valence-electron chi connectivity index (χ0n) is 14.2. The summed E-state index contributed by atoms with van der Waals surface area (Å²) in [7, 11) is 1.64. The Morgan fingerprint density at radius 2 is 2.17 bits per heavy atom. The molecule has 0 aliphatic carbocycles. The van der Waals surface area contributed by atoms with E-state index in [0.29, 0.717) is 18.1 Å². The van der Waals surface area contributed by atoms with Crippen LogP contribution in [0.4, 0.5) is 0 Å². The van der Waals surface area contributed by atoms with Crippen LogP contribution < -0.4 is 15.4 Å². The van der Waals surface area contributed by atoms with Crippen molar-refractivity contribution in [1.82, 2.24) is 15.6 Å². The maximum absolute atomic E-state index is 5.99. The van der Waals surface area contributed by atoms with Crippen molar-refractivity contribution in [2.75, 3.05) is 13.7 Å². The lowest BCUT2D eigenvalue weighted by atomic mass is 10.2. The summed E-state index contributed by atoms with van der Waals surface area (Å²) in [6.07, 6.45) is 2.95. The molecular weight excluding hydrogens is 344 g/mol. The summed E-state index contributed by atoms with van der Waals surface area (Å²) < 4.78 is 5.36. The Morgan fingerprint density at radius 3 is 2.83 bits per heavy atom. The second-order valence-electron chi connectivity index (χ2n) is 5.08. The lowest BCUT2D eigenvalue weighted by Crippen LogP contribution is -2.36. The van der Waals surface area contributed by atoms with Crippen LogP contribution in [0.5, 0.6) is 5.75 Å². The van der Waals surface area contributed by atoms with Crippen LogP contribution in [-0.4, -0.2) is 24.6 Å². The van der Waals surface area contributed by atoms with Crippen LogP contribution >= 0.6 is 22.9 Å². The van der Waals surface area contributed by atoms with E-state index in [9.17, 15) is 0 Å². The second-order valence-corrected chi connectivity index (χ2v) is 6.71. The number of nitrogens with zero attached hydrogens (tertiary/aromatic N) is 2. The molecule has 0 bridgehead atoms. The number of aliphatic imine (C=N–C) groups is 1. The fourth-order valence-corrected chi connectivity index (χ4v) is 3.07. The molecule has 7 heteroatoms. The molecule has 0 aliphatic rings. The Kier molecular flexibility index (Phi) is 7.34. The number of thiazole rings is 1. The van der Waals surface area contributed by atoms with E-state index < -0.39 is 0 Å². The van der Waals surface area contributed by atoms with E-state index in [2.05, 4.69) is 27.5 Å². The first-order chi connectivity index (χ1) is 11.7. The largest absolute Gasteiger partial charge is 0.496 e. The SMILES string of the molecule is CCNC(=NCc1ccc(Cl)cc1OC)NCc1ncc(CC)s1. The number of ether oxygens (including phenoxy) is 1. The number of guanidine groups is 1. The van der Waals surface area contributed by atoms with Crippen LogP contribution in [-0.2, 0) is 19.5 Å². The molecule has 0 spiro atoms. The van der Waals surface area contributed by atoms with Gasteiger partial charge in [-0.2, -0.15) is 0 Å². The lowest BCUT2D eigenvalue weighted by molar-refractivity contribution is 0.410. The second kappa shape index (κ2) is 9.49. The predicted molar refractivity (Wildman–Crippen MR) is 101 cm³/mol. The number of hydrogen-bond donors (Lipinski definition) is 2.